The zero-order valence-electron chi connectivity index (χ0n) is 7.35. The van der Waals surface area contributed by atoms with Crippen molar-refractivity contribution in [3.63, 3.8) is 0 Å². The first-order valence-corrected chi connectivity index (χ1v) is 4.69. The maximum Gasteiger partial charge on any atom is 0.260 e. The van der Waals surface area contributed by atoms with Crippen molar-refractivity contribution in [1.82, 2.24) is 0 Å². The Morgan fingerprint density at radius 3 is 1.85 bits per heavy atom. The summed E-state index contributed by atoms with van der Waals surface area (Å²) in [5.74, 6) is -2.37. The van der Waals surface area contributed by atoms with Gasteiger partial charge in [-0.15, -0.1) is 12.4 Å². The van der Waals surface area contributed by atoms with E-state index in [4.69, 9.17) is 5.73 Å². The third-order valence-corrected chi connectivity index (χ3v) is 4.48. The van der Waals surface area contributed by atoms with Gasteiger partial charge in [0, 0.05) is 16.9 Å². The van der Waals surface area contributed by atoms with Crippen LogP contribution >= 0.6 is 12.4 Å². The van der Waals surface area contributed by atoms with Crippen LogP contribution in [-0.4, -0.2) is 12.0 Å². The SMILES string of the molecule is Cl.NC1CC2(C1)C(F)(F)C21CCC1. The number of rotatable bonds is 0. The summed E-state index contributed by atoms with van der Waals surface area (Å²) in [5, 5.41) is 0. The van der Waals surface area contributed by atoms with Gasteiger partial charge in [-0.25, -0.2) is 8.78 Å². The van der Waals surface area contributed by atoms with E-state index < -0.39 is 16.8 Å². The second-order valence-corrected chi connectivity index (χ2v) is 4.76. The number of halogens is 3. The lowest BCUT2D eigenvalue weighted by Crippen LogP contribution is -2.43. The summed E-state index contributed by atoms with van der Waals surface area (Å²) in [7, 11) is 0. The molecular formula is C9H14ClF2N. The smallest absolute Gasteiger partial charge is 0.260 e. The molecule has 3 rings (SSSR count). The van der Waals surface area contributed by atoms with Crippen molar-refractivity contribution in [2.75, 3.05) is 0 Å². The molecule has 3 saturated carbocycles. The minimum Gasteiger partial charge on any atom is -0.328 e. The van der Waals surface area contributed by atoms with E-state index in [0.717, 1.165) is 19.3 Å². The van der Waals surface area contributed by atoms with Crippen LogP contribution in [0.4, 0.5) is 8.78 Å². The third-order valence-electron chi connectivity index (χ3n) is 4.48. The number of nitrogens with two attached hydrogens (primary N) is 1. The van der Waals surface area contributed by atoms with Crippen molar-refractivity contribution in [3.8, 4) is 0 Å². The van der Waals surface area contributed by atoms with Gasteiger partial charge in [-0.2, -0.15) is 0 Å². The van der Waals surface area contributed by atoms with Gasteiger partial charge in [0.1, 0.15) is 0 Å². The van der Waals surface area contributed by atoms with Crippen LogP contribution in [0.2, 0.25) is 0 Å². The summed E-state index contributed by atoms with van der Waals surface area (Å²) >= 11 is 0. The van der Waals surface area contributed by atoms with E-state index in [0.29, 0.717) is 12.8 Å². The van der Waals surface area contributed by atoms with Gasteiger partial charge in [0.05, 0.1) is 0 Å². The van der Waals surface area contributed by atoms with Gasteiger partial charge in [-0.3, -0.25) is 0 Å². The highest BCUT2D eigenvalue weighted by Crippen LogP contribution is 2.88. The van der Waals surface area contributed by atoms with E-state index in [-0.39, 0.29) is 18.4 Å². The molecule has 0 heterocycles. The Morgan fingerprint density at radius 2 is 1.62 bits per heavy atom. The molecule has 0 atom stereocenters. The van der Waals surface area contributed by atoms with Crippen molar-refractivity contribution in [2.45, 2.75) is 44.1 Å². The fraction of sp³-hybridized carbons (Fsp3) is 1.00. The topological polar surface area (TPSA) is 26.0 Å². The molecule has 76 valence electrons. The predicted octanol–water partition coefficient (Wildman–Crippen LogP) is 2.33. The highest BCUT2D eigenvalue weighted by Gasteiger charge is 2.93. The van der Waals surface area contributed by atoms with E-state index in [1.807, 2.05) is 0 Å². The Bertz CT molecular complexity index is 244. The molecule has 0 bridgehead atoms. The van der Waals surface area contributed by atoms with Crippen LogP contribution in [0.1, 0.15) is 32.1 Å². The fourth-order valence-electron chi connectivity index (χ4n) is 3.55. The van der Waals surface area contributed by atoms with Crippen molar-refractivity contribution in [1.29, 1.82) is 0 Å². The Balaban J connectivity index is 0.000000653. The zero-order valence-corrected chi connectivity index (χ0v) is 8.17. The molecule has 0 unspecified atom stereocenters. The summed E-state index contributed by atoms with van der Waals surface area (Å²) in [6, 6.07) is 0.0517. The molecule has 0 aromatic rings. The molecule has 1 nitrogen and oxygen atoms in total. The molecule has 0 amide bonds. The molecule has 0 aromatic carbocycles. The number of alkyl halides is 2. The lowest BCUT2D eigenvalue weighted by atomic mass is 9.65. The zero-order chi connectivity index (χ0) is 8.61. The first-order valence-electron chi connectivity index (χ1n) is 4.69. The molecule has 0 radical (unpaired) electrons. The normalized spacial score (nSPS) is 47.8. The van der Waals surface area contributed by atoms with Crippen molar-refractivity contribution < 1.29 is 8.78 Å². The van der Waals surface area contributed by atoms with E-state index in [2.05, 4.69) is 0 Å². The number of hydrogen-bond donors (Lipinski definition) is 1. The molecule has 2 N–H and O–H groups in total. The van der Waals surface area contributed by atoms with Crippen LogP contribution in [-0.2, 0) is 0 Å². The Hall–Kier alpha value is 0.110. The maximum atomic E-state index is 13.5. The molecular weight excluding hydrogens is 196 g/mol. The standard InChI is InChI=1S/C9H13F2N.ClH/c10-9(11)7(2-1-3-7)8(9)4-6(12)5-8;/h6H,1-5,12H2;1H. The van der Waals surface area contributed by atoms with E-state index in [9.17, 15) is 8.78 Å². The number of hydrogen-bond acceptors (Lipinski definition) is 1. The summed E-state index contributed by atoms with van der Waals surface area (Å²) in [4.78, 5) is 0. The highest BCUT2D eigenvalue weighted by atomic mass is 35.5. The maximum absolute atomic E-state index is 13.5. The van der Waals surface area contributed by atoms with Gasteiger partial charge >= 0.3 is 0 Å². The van der Waals surface area contributed by atoms with Gasteiger partial charge in [-0.1, -0.05) is 6.42 Å². The Morgan fingerprint density at radius 1 is 1.08 bits per heavy atom. The summed E-state index contributed by atoms with van der Waals surface area (Å²) in [6.07, 6.45) is 3.62. The van der Waals surface area contributed by atoms with Crippen LogP contribution < -0.4 is 5.73 Å². The van der Waals surface area contributed by atoms with Gasteiger partial charge in [0.25, 0.3) is 5.92 Å². The average Bonchev–Trinajstić information content (AvgIpc) is 2.21. The Kier molecular flexibility index (Phi) is 1.63. The summed E-state index contributed by atoms with van der Waals surface area (Å²) < 4.78 is 26.9. The minimum atomic E-state index is -2.37. The van der Waals surface area contributed by atoms with Gasteiger partial charge < -0.3 is 5.73 Å². The molecule has 0 aromatic heterocycles. The molecule has 13 heavy (non-hydrogen) atoms. The second kappa shape index (κ2) is 2.19. The first-order chi connectivity index (χ1) is 5.56. The van der Waals surface area contributed by atoms with Crippen LogP contribution in [0.5, 0.6) is 0 Å². The Labute approximate surface area is 82.5 Å². The monoisotopic (exact) mass is 209 g/mol. The molecule has 0 aliphatic heterocycles. The van der Waals surface area contributed by atoms with Crippen LogP contribution in [0.25, 0.3) is 0 Å². The molecule has 4 heteroatoms. The third kappa shape index (κ3) is 0.666. The number of fused-ring (bicyclic) bond motifs is 1. The highest BCUT2D eigenvalue weighted by molar-refractivity contribution is 5.85. The predicted molar refractivity (Wildman–Crippen MR) is 48.1 cm³/mol. The molecule has 3 aliphatic rings. The fourth-order valence-corrected chi connectivity index (χ4v) is 3.55. The largest absolute Gasteiger partial charge is 0.328 e. The molecule has 3 fully saturated rings. The molecule has 3 aliphatic carbocycles. The lowest BCUT2D eigenvalue weighted by molar-refractivity contribution is 0.00943. The van der Waals surface area contributed by atoms with E-state index >= 15 is 0 Å². The quantitative estimate of drug-likeness (QED) is 0.651. The van der Waals surface area contributed by atoms with Crippen LogP contribution in [0.15, 0.2) is 0 Å². The van der Waals surface area contributed by atoms with E-state index in [1.54, 1.807) is 0 Å². The van der Waals surface area contributed by atoms with Crippen molar-refractivity contribution in [2.24, 2.45) is 16.6 Å². The van der Waals surface area contributed by atoms with Gasteiger partial charge in [0.15, 0.2) is 0 Å². The van der Waals surface area contributed by atoms with Crippen LogP contribution in [0.3, 0.4) is 0 Å². The second-order valence-electron chi connectivity index (χ2n) is 4.76. The average molecular weight is 210 g/mol. The van der Waals surface area contributed by atoms with Gasteiger partial charge in [0.2, 0.25) is 0 Å². The summed E-state index contributed by atoms with van der Waals surface area (Å²) in [5.41, 5.74) is 4.38. The van der Waals surface area contributed by atoms with Crippen molar-refractivity contribution in [3.05, 3.63) is 0 Å². The van der Waals surface area contributed by atoms with Crippen molar-refractivity contribution >= 4 is 12.4 Å². The van der Waals surface area contributed by atoms with Crippen LogP contribution in [0, 0.1) is 10.8 Å². The summed E-state index contributed by atoms with van der Waals surface area (Å²) in [6.45, 7) is 0. The molecule has 2 spiro atoms. The molecule has 0 saturated heterocycles. The van der Waals surface area contributed by atoms with E-state index in [1.165, 1.54) is 0 Å². The lowest BCUT2D eigenvalue weighted by Gasteiger charge is -2.39. The minimum absolute atomic E-state index is 0. The first kappa shape index (κ1) is 9.66. The van der Waals surface area contributed by atoms with Gasteiger partial charge in [-0.05, 0) is 25.7 Å².